The van der Waals surface area contributed by atoms with Crippen molar-refractivity contribution in [2.45, 2.75) is 25.1 Å². The summed E-state index contributed by atoms with van der Waals surface area (Å²) in [6, 6.07) is -0.0177. The maximum absolute atomic E-state index is 11.8. The smallest absolute Gasteiger partial charge is 0.361 e. The lowest BCUT2D eigenvalue weighted by atomic mass is 10.1. The van der Waals surface area contributed by atoms with Crippen LogP contribution in [0.2, 0.25) is 0 Å². The summed E-state index contributed by atoms with van der Waals surface area (Å²) >= 11 is 0. The average Bonchev–Trinajstić information content (AvgIpc) is 2.07. The third-order valence-corrected chi connectivity index (χ3v) is 1.94. The van der Waals surface area contributed by atoms with Gasteiger partial charge in [-0.25, -0.2) is 4.79 Å². The number of hydroxylamine groups is 2. The van der Waals surface area contributed by atoms with Gasteiger partial charge < -0.3 is 10.6 Å². The quantitative estimate of drug-likeness (QED) is 0.684. The highest BCUT2D eigenvalue weighted by Crippen LogP contribution is 2.18. The monoisotopic (exact) mass is 212 g/mol. The van der Waals surface area contributed by atoms with E-state index in [0.717, 1.165) is 5.06 Å². The molecular formula is C7H11F3N2O2. The first-order valence-corrected chi connectivity index (χ1v) is 4.19. The second kappa shape index (κ2) is 4.14. The molecule has 1 rings (SSSR count). The first kappa shape index (κ1) is 11.3. The van der Waals surface area contributed by atoms with Crippen LogP contribution >= 0.6 is 0 Å². The van der Waals surface area contributed by atoms with E-state index in [2.05, 4.69) is 4.84 Å². The minimum atomic E-state index is -4.93. The Bertz CT molecular complexity index is 211. The van der Waals surface area contributed by atoms with Crippen molar-refractivity contribution in [1.29, 1.82) is 0 Å². The first-order chi connectivity index (χ1) is 6.39. The molecule has 1 saturated heterocycles. The molecule has 1 aliphatic rings. The van der Waals surface area contributed by atoms with Crippen LogP contribution in [0.15, 0.2) is 0 Å². The predicted molar refractivity (Wildman–Crippen MR) is 40.9 cm³/mol. The van der Waals surface area contributed by atoms with E-state index in [9.17, 15) is 18.0 Å². The van der Waals surface area contributed by atoms with Crippen LogP contribution in [0.4, 0.5) is 13.2 Å². The number of alkyl halides is 3. The molecule has 14 heavy (non-hydrogen) atoms. The summed E-state index contributed by atoms with van der Waals surface area (Å²) in [6.07, 6.45) is -3.87. The van der Waals surface area contributed by atoms with E-state index in [1.165, 1.54) is 0 Å². The lowest BCUT2D eigenvalue weighted by Crippen LogP contribution is -2.43. The molecule has 0 bridgehead atoms. The van der Waals surface area contributed by atoms with Gasteiger partial charge in [0.25, 0.3) is 0 Å². The van der Waals surface area contributed by atoms with Gasteiger partial charge in [0.05, 0.1) is 0 Å². The van der Waals surface area contributed by atoms with E-state index in [1.54, 1.807) is 0 Å². The van der Waals surface area contributed by atoms with E-state index in [4.69, 9.17) is 5.73 Å². The second-order valence-electron chi connectivity index (χ2n) is 3.14. The van der Waals surface area contributed by atoms with Crippen molar-refractivity contribution in [3.05, 3.63) is 0 Å². The number of carbonyl (C=O) groups excluding carboxylic acids is 1. The van der Waals surface area contributed by atoms with Crippen molar-refractivity contribution in [3.63, 3.8) is 0 Å². The molecule has 7 heteroatoms. The van der Waals surface area contributed by atoms with Gasteiger partial charge in [-0.3, -0.25) is 0 Å². The highest BCUT2D eigenvalue weighted by atomic mass is 19.4. The number of halogens is 3. The SMILES string of the molecule is NC1CCN(OC(=O)C(F)(F)F)CC1. The van der Waals surface area contributed by atoms with Crippen molar-refractivity contribution < 1.29 is 22.8 Å². The van der Waals surface area contributed by atoms with Gasteiger partial charge in [-0.2, -0.15) is 13.2 Å². The summed E-state index contributed by atoms with van der Waals surface area (Å²) in [5, 5.41) is 0.999. The minimum absolute atomic E-state index is 0.0177. The Labute approximate surface area is 78.7 Å². The summed E-state index contributed by atoms with van der Waals surface area (Å²) in [6.45, 7) is 0.506. The van der Waals surface area contributed by atoms with Crippen molar-refractivity contribution in [2.24, 2.45) is 5.73 Å². The van der Waals surface area contributed by atoms with Crippen LogP contribution in [0.5, 0.6) is 0 Å². The fourth-order valence-electron chi connectivity index (χ4n) is 1.14. The van der Waals surface area contributed by atoms with Crippen molar-refractivity contribution >= 4 is 5.97 Å². The van der Waals surface area contributed by atoms with Crippen molar-refractivity contribution in [1.82, 2.24) is 5.06 Å². The topological polar surface area (TPSA) is 55.6 Å². The van der Waals surface area contributed by atoms with Crippen LogP contribution in [0, 0.1) is 0 Å². The average molecular weight is 212 g/mol. The lowest BCUT2D eigenvalue weighted by Gasteiger charge is -2.28. The number of hydrogen-bond donors (Lipinski definition) is 1. The second-order valence-corrected chi connectivity index (χ2v) is 3.14. The zero-order valence-electron chi connectivity index (χ0n) is 7.38. The highest BCUT2D eigenvalue weighted by molar-refractivity contribution is 5.75. The molecule has 0 atom stereocenters. The van der Waals surface area contributed by atoms with E-state index < -0.39 is 12.1 Å². The van der Waals surface area contributed by atoms with Gasteiger partial charge in [-0.05, 0) is 12.8 Å². The van der Waals surface area contributed by atoms with Gasteiger partial charge >= 0.3 is 12.1 Å². The van der Waals surface area contributed by atoms with Crippen LogP contribution in [0.1, 0.15) is 12.8 Å². The molecule has 0 unspecified atom stereocenters. The van der Waals surface area contributed by atoms with Crippen LogP contribution in [0.25, 0.3) is 0 Å². The largest absolute Gasteiger partial charge is 0.492 e. The molecule has 0 saturated carbocycles. The molecule has 2 N–H and O–H groups in total. The summed E-state index contributed by atoms with van der Waals surface area (Å²) in [5.74, 6) is -2.17. The maximum atomic E-state index is 11.8. The van der Waals surface area contributed by atoms with Gasteiger partial charge in [0.15, 0.2) is 0 Å². The van der Waals surface area contributed by atoms with Crippen molar-refractivity contribution in [2.75, 3.05) is 13.1 Å². The lowest BCUT2D eigenvalue weighted by molar-refractivity contribution is -0.241. The Morgan fingerprint density at radius 1 is 1.36 bits per heavy atom. The molecule has 1 heterocycles. The molecule has 1 fully saturated rings. The molecule has 4 nitrogen and oxygen atoms in total. The fraction of sp³-hybridized carbons (Fsp3) is 0.857. The Morgan fingerprint density at radius 2 is 1.86 bits per heavy atom. The van der Waals surface area contributed by atoms with Gasteiger partial charge in [0.2, 0.25) is 0 Å². The third kappa shape index (κ3) is 3.15. The van der Waals surface area contributed by atoms with Gasteiger partial charge in [0.1, 0.15) is 0 Å². The number of nitrogens with two attached hydrogens (primary N) is 1. The molecule has 0 radical (unpaired) electrons. The van der Waals surface area contributed by atoms with Gasteiger partial charge in [-0.1, -0.05) is 0 Å². The predicted octanol–water partition coefficient (Wildman–Crippen LogP) is 0.430. The molecule has 0 aromatic rings. The standard InChI is InChI=1S/C7H11F3N2O2/c8-7(9,10)6(13)14-12-3-1-5(11)2-4-12/h5H,1-4,11H2. The number of hydrogen-bond acceptors (Lipinski definition) is 4. The van der Waals surface area contributed by atoms with Crippen LogP contribution in [-0.2, 0) is 9.63 Å². The van der Waals surface area contributed by atoms with Gasteiger partial charge in [0, 0.05) is 19.1 Å². The first-order valence-electron chi connectivity index (χ1n) is 4.19. The van der Waals surface area contributed by atoms with E-state index in [-0.39, 0.29) is 19.1 Å². The maximum Gasteiger partial charge on any atom is 0.492 e. The number of piperidine rings is 1. The summed E-state index contributed by atoms with van der Waals surface area (Å²) in [4.78, 5) is 14.5. The zero-order valence-corrected chi connectivity index (χ0v) is 7.38. The number of nitrogens with zero attached hydrogens (tertiary/aromatic N) is 1. The van der Waals surface area contributed by atoms with Crippen molar-refractivity contribution in [3.8, 4) is 0 Å². The molecule has 0 aromatic heterocycles. The van der Waals surface area contributed by atoms with Crippen LogP contribution in [0.3, 0.4) is 0 Å². The zero-order chi connectivity index (χ0) is 10.8. The Morgan fingerprint density at radius 3 is 2.29 bits per heavy atom. The highest BCUT2D eigenvalue weighted by Gasteiger charge is 2.42. The molecule has 1 aliphatic heterocycles. The molecule has 0 amide bonds. The Hall–Kier alpha value is -0.820. The van der Waals surface area contributed by atoms with E-state index in [0.29, 0.717) is 12.8 Å². The van der Waals surface area contributed by atoms with E-state index in [1.807, 2.05) is 0 Å². The third-order valence-electron chi connectivity index (χ3n) is 1.94. The Balaban J connectivity index is 2.35. The number of carbonyl (C=O) groups is 1. The molecular weight excluding hydrogens is 201 g/mol. The normalized spacial score (nSPS) is 20.9. The minimum Gasteiger partial charge on any atom is -0.361 e. The van der Waals surface area contributed by atoms with Crippen LogP contribution < -0.4 is 5.73 Å². The van der Waals surface area contributed by atoms with Gasteiger partial charge in [-0.15, -0.1) is 5.06 Å². The molecule has 0 aliphatic carbocycles. The summed E-state index contributed by atoms with van der Waals surface area (Å²) in [5.41, 5.74) is 5.52. The molecule has 0 spiro atoms. The summed E-state index contributed by atoms with van der Waals surface area (Å²) < 4.78 is 35.3. The molecule has 82 valence electrons. The molecule has 0 aromatic carbocycles. The van der Waals surface area contributed by atoms with Crippen LogP contribution in [-0.4, -0.2) is 36.3 Å². The number of rotatable bonds is 1. The Kier molecular flexibility index (Phi) is 3.33. The fourth-order valence-corrected chi connectivity index (χ4v) is 1.14. The van der Waals surface area contributed by atoms with E-state index >= 15 is 0 Å². The summed E-state index contributed by atoms with van der Waals surface area (Å²) in [7, 11) is 0.